The number of rotatable bonds is 32. The van der Waals surface area contributed by atoms with E-state index in [2.05, 4.69) is 91.3 Å². The number of nitrogens with one attached hydrogen (secondary N) is 2. The van der Waals surface area contributed by atoms with Gasteiger partial charge in [-0.1, -0.05) is 125 Å². The van der Waals surface area contributed by atoms with Crippen LogP contribution in [0.3, 0.4) is 0 Å². The second kappa shape index (κ2) is 35.8. The Labute approximate surface area is 307 Å². The summed E-state index contributed by atoms with van der Waals surface area (Å²) in [7, 11) is 0. The number of aliphatic carboxylic acids is 1. The first-order valence-corrected chi connectivity index (χ1v) is 19.0. The number of amides is 2. The van der Waals surface area contributed by atoms with E-state index in [1.165, 1.54) is 25.7 Å². The molecule has 0 saturated carbocycles. The minimum absolute atomic E-state index is 0.222. The lowest BCUT2D eigenvalue weighted by molar-refractivity contribution is -0.146. The largest absolute Gasteiger partial charge is 0.480 e. The summed E-state index contributed by atoms with van der Waals surface area (Å²) in [5.41, 5.74) is 0. The molecule has 2 unspecified atom stereocenters. The van der Waals surface area contributed by atoms with E-state index in [-0.39, 0.29) is 37.4 Å². The summed E-state index contributed by atoms with van der Waals surface area (Å²) >= 11 is 0. The van der Waals surface area contributed by atoms with Crippen molar-refractivity contribution in [3.63, 3.8) is 0 Å². The van der Waals surface area contributed by atoms with Gasteiger partial charge in [-0.3, -0.25) is 14.4 Å². The third kappa shape index (κ3) is 33.0. The number of carbonyl (C=O) groups is 4. The smallest absolute Gasteiger partial charge is 0.328 e. The molecule has 4 N–H and O–H groups in total. The van der Waals surface area contributed by atoms with Crippen molar-refractivity contribution >= 4 is 23.8 Å². The fourth-order valence-electron chi connectivity index (χ4n) is 4.74. The quantitative estimate of drug-likeness (QED) is 0.0311. The Morgan fingerprint density at radius 3 is 1.82 bits per heavy atom. The van der Waals surface area contributed by atoms with Crippen molar-refractivity contribution in [3.8, 4) is 0 Å². The number of ether oxygens (including phenoxy) is 1. The van der Waals surface area contributed by atoms with Crippen LogP contribution in [-0.4, -0.2) is 59.3 Å². The van der Waals surface area contributed by atoms with Gasteiger partial charge in [-0.25, -0.2) is 4.79 Å². The molecule has 0 heterocycles. The van der Waals surface area contributed by atoms with Crippen LogP contribution in [0.2, 0.25) is 0 Å². The summed E-state index contributed by atoms with van der Waals surface area (Å²) in [6.07, 6.45) is 45.0. The van der Waals surface area contributed by atoms with Gasteiger partial charge in [0.15, 0.2) is 0 Å². The zero-order valence-corrected chi connectivity index (χ0v) is 31.3. The van der Waals surface area contributed by atoms with Gasteiger partial charge in [0.25, 0.3) is 0 Å². The first-order valence-electron chi connectivity index (χ1n) is 19.0. The van der Waals surface area contributed by atoms with Crippen LogP contribution in [0.1, 0.15) is 129 Å². The highest BCUT2D eigenvalue weighted by Gasteiger charge is 2.18. The molecule has 0 aliphatic heterocycles. The standard InChI is InChI=1S/C42H66N2O7/c1-3-5-7-9-11-13-14-15-16-17-18-20-22-24-30-34-41(48)51-37(31-27-23-21-19-12-10-8-6-4-2)32-28-25-26-29-33-39(46)43-35-40(47)44-38(36-45)42(49)50/h5,7,11,13,15-16,18-21,24,27,30-31,37-38,45H,3-4,6,8-10,12,14,17,22-23,25-26,28-29,32-36H2,1-2H3,(H,43,46)(H,44,47)(H,49,50)/b7-5-,13-11-,16-15-,20-18-,21-19-,30-24-,31-27-. The third-order valence-corrected chi connectivity index (χ3v) is 7.64. The van der Waals surface area contributed by atoms with Crippen LogP contribution >= 0.6 is 0 Å². The predicted molar refractivity (Wildman–Crippen MR) is 208 cm³/mol. The zero-order valence-electron chi connectivity index (χ0n) is 31.3. The molecule has 0 aromatic carbocycles. The van der Waals surface area contributed by atoms with Crippen LogP contribution < -0.4 is 10.6 Å². The Morgan fingerprint density at radius 2 is 1.22 bits per heavy atom. The summed E-state index contributed by atoms with van der Waals surface area (Å²) in [4.78, 5) is 47.3. The Kier molecular flexibility index (Phi) is 33.0. The van der Waals surface area contributed by atoms with E-state index in [1.807, 2.05) is 18.2 Å². The normalized spacial score (nSPS) is 13.5. The maximum absolute atomic E-state index is 12.6. The number of carboxylic acid groups (broad SMARTS) is 1. The van der Waals surface area contributed by atoms with Crippen LogP contribution in [0.15, 0.2) is 85.1 Å². The third-order valence-electron chi connectivity index (χ3n) is 7.64. The molecule has 9 heteroatoms. The minimum atomic E-state index is -1.40. The number of allylic oxidation sites excluding steroid dienone is 12. The van der Waals surface area contributed by atoms with Gasteiger partial charge in [0.2, 0.25) is 11.8 Å². The average Bonchev–Trinajstić information content (AvgIpc) is 3.11. The number of hydrogen-bond acceptors (Lipinski definition) is 6. The van der Waals surface area contributed by atoms with Crippen LogP contribution in [-0.2, 0) is 23.9 Å². The summed E-state index contributed by atoms with van der Waals surface area (Å²) in [5, 5.41) is 22.5. The molecule has 0 aliphatic rings. The molecular weight excluding hydrogens is 644 g/mol. The van der Waals surface area contributed by atoms with Crippen LogP contribution in [0, 0.1) is 0 Å². The second-order valence-corrected chi connectivity index (χ2v) is 12.3. The Balaban J connectivity index is 4.56. The first kappa shape index (κ1) is 47.0. The predicted octanol–water partition coefficient (Wildman–Crippen LogP) is 8.53. The van der Waals surface area contributed by atoms with E-state index in [1.54, 1.807) is 0 Å². The monoisotopic (exact) mass is 710 g/mol. The highest BCUT2D eigenvalue weighted by atomic mass is 16.5. The first-order chi connectivity index (χ1) is 24.8. The number of aliphatic hydroxyl groups excluding tert-OH is 1. The van der Waals surface area contributed by atoms with E-state index in [9.17, 15) is 19.2 Å². The van der Waals surface area contributed by atoms with Gasteiger partial charge < -0.3 is 25.6 Å². The summed E-state index contributed by atoms with van der Waals surface area (Å²) in [5.74, 6) is -2.58. The molecule has 0 rings (SSSR count). The highest BCUT2D eigenvalue weighted by molar-refractivity contribution is 5.87. The van der Waals surface area contributed by atoms with Crippen LogP contribution in [0.25, 0.3) is 0 Å². The van der Waals surface area contributed by atoms with E-state index in [0.717, 1.165) is 64.2 Å². The molecule has 0 spiro atoms. The zero-order chi connectivity index (χ0) is 37.6. The van der Waals surface area contributed by atoms with Gasteiger partial charge >= 0.3 is 11.9 Å². The number of aliphatic hydroxyl groups is 1. The van der Waals surface area contributed by atoms with Gasteiger partial charge in [-0.2, -0.15) is 0 Å². The minimum Gasteiger partial charge on any atom is -0.480 e. The molecule has 2 amide bonds. The van der Waals surface area contributed by atoms with Crippen molar-refractivity contribution in [2.45, 2.75) is 142 Å². The molecule has 0 radical (unpaired) electrons. The maximum atomic E-state index is 12.6. The Morgan fingerprint density at radius 1 is 0.647 bits per heavy atom. The molecule has 9 nitrogen and oxygen atoms in total. The lowest BCUT2D eigenvalue weighted by Gasteiger charge is -2.14. The molecule has 286 valence electrons. The molecule has 2 atom stereocenters. The van der Waals surface area contributed by atoms with Gasteiger partial charge in [-0.15, -0.1) is 0 Å². The van der Waals surface area contributed by atoms with Crippen molar-refractivity contribution in [2.75, 3.05) is 13.2 Å². The Bertz CT molecular complexity index is 1130. The summed E-state index contributed by atoms with van der Waals surface area (Å²) < 4.78 is 5.80. The molecular formula is C42H66N2O7. The lowest BCUT2D eigenvalue weighted by Crippen LogP contribution is -2.47. The molecule has 51 heavy (non-hydrogen) atoms. The van der Waals surface area contributed by atoms with Gasteiger partial charge in [0, 0.05) is 6.42 Å². The van der Waals surface area contributed by atoms with Crippen molar-refractivity contribution in [3.05, 3.63) is 85.1 Å². The van der Waals surface area contributed by atoms with Crippen LogP contribution in [0.4, 0.5) is 0 Å². The number of hydrogen-bond donors (Lipinski definition) is 4. The molecule has 0 saturated heterocycles. The van der Waals surface area contributed by atoms with Gasteiger partial charge in [-0.05, 0) is 76.7 Å². The lowest BCUT2D eigenvalue weighted by atomic mass is 10.1. The maximum Gasteiger partial charge on any atom is 0.328 e. The topological polar surface area (TPSA) is 142 Å². The fourth-order valence-corrected chi connectivity index (χ4v) is 4.74. The fraction of sp³-hybridized carbons (Fsp3) is 0.571. The highest BCUT2D eigenvalue weighted by Crippen LogP contribution is 2.13. The molecule has 0 fully saturated rings. The van der Waals surface area contributed by atoms with E-state index in [4.69, 9.17) is 14.9 Å². The van der Waals surface area contributed by atoms with Gasteiger partial charge in [0.05, 0.1) is 19.6 Å². The average molecular weight is 711 g/mol. The van der Waals surface area contributed by atoms with Crippen molar-refractivity contribution in [2.24, 2.45) is 0 Å². The molecule has 0 aromatic heterocycles. The Hall–Kier alpha value is -3.98. The van der Waals surface area contributed by atoms with E-state index >= 15 is 0 Å². The van der Waals surface area contributed by atoms with E-state index in [0.29, 0.717) is 12.8 Å². The molecule has 0 aliphatic carbocycles. The molecule has 0 aromatic rings. The van der Waals surface area contributed by atoms with Crippen molar-refractivity contribution < 1.29 is 34.1 Å². The number of unbranched alkanes of at least 4 members (excludes halogenated alkanes) is 7. The van der Waals surface area contributed by atoms with Gasteiger partial charge in [0.1, 0.15) is 12.1 Å². The molecule has 0 bridgehead atoms. The van der Waals surface area contributed by atoms with E-state index < -0.39 is 24.5 Å². The van der Waals surface area contributed by atoms with Crippen LogP contribution in [0.5, 0.6) is 0 Å². The number of esters is 1. The van der Waals surface area contributed by atoms with Crippen molar-refractivity contribution in [1.82, 2.24) is 10.6 Å². The number of carboxylic acids is 1. The number of carbonyl (C=O) groups excluding carboxylic acids is 3. The second-order valence-electron chi connectivity index (χ2n) is 12.3. The summed E-state index contributed by atoms with van der Waals surface area (Å²) in [6.45, 7) is 3.26. The van der Waals surface area contributed by atoms with Crippen molar-refractivity contribution in [1.29, 1.82) is 0 Å². The summed E-state index contributed by atoms with van der Waals surface area (Å²) in [6, 6.07) is -1.40. The SMILES string of the molecule is CC/C=C\C/C=C\C/C=C\C/C=C\C/C=C\CC(=O)OC(/C=C\C/C=C\CCCCCC)CCCCCCC(=O)NCC(=O)NC(CO)C(=O)O.